The van der Waals surface area contributed by atoms with Gasteiger partial charge in [-0.2, -0.15) is 13.2 Å². The van der Waals surface area contributed by atoms with Gasteiger partial charge in [0.1, 0.15) is 0 Å². The predicted molar refractivity (Wildman–Crippen MR) is 41.1 cm³/mol. The molecule has 1 unspecified atom stereocenters. The molecule has 0 bridgehead atoms. The zero-order valence-electron chi connectivity index (χ0n) is 7.81. The average Bonchev–Trinajstić information content (AvgIpc) is 1.81. The highest BCUT2D eigenvalue weighted by atomic mass is 19.4. The van der Waals surface area contributed by atoms with E-state index >= 15 is 0 Å². The molecule has 0 aliphatic rings. The second-order valence-corrected chi connectivity index (χ2v) is 3.27. The topological polar surface area (TPSA) is 26.3 Å². The van der Waals surface area contributed by atoms with E-state index in [1.807, 2.05) is 0 Å². The van der Waals surface area contributed by atoms with Crippen molar-refractivity contribution in [2.75, 3.05) is 0 Å². The van der Waals surface area contributed by atoms with Crippen molar-refractivity contribution in [1.29, 1.82) is 0 Å². The van der Waals surface area contributed by atoms with Crippen molar-refractivity contribution in [3.05, 3.63) is 0 Å². The van der Waals surface area contributed by atoms with E-state index in [-0.39, 0.29) is 12.3 Å². The molecule has 0 rings (SSSR count). The minimum Gasteiger partial charge on any atom is -0.453 e. The van der Waals surface area contributed by atoms with Crippen molar-refractivity contribution < 1.29 is 22.7 Å². The standard InChI is InChI=1S/C8H13F3O2/c1-5(2)4-7(8(9,10)11)13-6(3)12/h5,7H,4H2,1-3H3. The SMILES string of the molecule is CC(=O)OC(CC(C)C)C(F)(F)F. The van der Waals surface area contributed by atoms with E-state index in [2.05, 4.69) is 4.74 Å². The van der Waals surface area contributed by atoms with Crippen molar-refractivity contribution in [3.63, 3.8) is 0 Å². The first-order valence-corrected chi connectivity index (χ1v) is 3.97. The van der Waals surface area contributed by atoms with Crippen LogP contribution in [0.15, 0.2) is 0 Å². The number of alkyl halides is 3. The highest BCUT2D eigenvalue weighted by Gasteiger charge is 2.42. The van der Waals surface area contributed by atoms with Gasteiger partial charge in [0.05, 0.1) is 0 Å². The van der Waals surface area contributed by atoms with Gasteiger partial charge >= 0.3 is 12.1 Å². The van der Waals surface area contributed by atoms with Crippen LogP contribution >= 0.6 is 0 Å². The smallest absolute Gasteiger partial charge is 0.425 e. The van der Waals surface area contributed by atoms with Gasteiger partial charge in [-0.25, -0.2) is 0 Å². The highest BCUT2D eigenvalue weighted by Crippen LogP contribution is 2.27. The third kappa shape index (κ3) is 5.49. The van der Waals surface area contributed by atoms with Gasteiger partial charge in [0.2, 0.25) is 0 Å². The first kappa shape index (κ1) is 12.3. The summed E-state index contributed by atoms with van der Waals surface area (Å²) < 4.78 is 40.7. The molecule has 78 valence electrons. The Morgan fingerprint density at radius 2 is 1.85 bits per heavy atom. The molecule has 0 fully saturated rings. The Bertz CT molecular complexity index is 175. The maximum Gasteiger partial charge on any atom is 0.425 e. The molecule has 0 aromatic heterocycles. The largest absolute Gasteiger partial charge is 0.453 e. The van der Waals surface area contributed by atoms with Crippen molar-refractivity contribution >= 4 is 5.97 Å². The zero-order valence-corrected chi connectivity index (χ0v) is 7.81. The Kier molecular flexibility index (Phi) is 4.23. The van der Waals surface area contributed by atoms with Crippen LogP contribution in [0.1, 0.15) is 27.2 Å². The normalized spacial score (nSPS) is 14.4. The molecule has 0 radical (unpaired) electrons. The second kappa shape index (κ2) is 4.48. The van der Waals surface area contributed by atoms with Crippen molar-refractivity contribution in [3.8, 4) is 0 Å². The van der Waals surface area contributed by atoms with Crippen LogP contribution in [0.4, 0.5) is 13.2 Å². The van der Waals surface area contributed by atoms with Crippen molar-refractivity contribution in [1.82, 2.24) is 0 Å². The molecule has 0 saturated carbocycles. The monoisotopic (exact) mass is 198 g/mol. The number of ether oxygens (including phenoxy) is 1. The average molecular weight is 198 g/mol. The minimum absolute atomic E-state index is 0.161. The van der Waals surface area contributed by atoms with Gasteiger partial charge in [-0.1, -0.05) is 13.8 Å². The van der Waals surface area contributed by atoms with E-state index in [0.717, 1.165) is 6.92 Å². The van der Waals surface area contributed by atoms with Crippen LogP contribution in [-0.2, 0) is 9.53 Å². The first-order valence-electron chi connectivity index (χ1n) is 3.97. The molecule has 2 nitrogen and oxygen atoms in total. The summed E-state index contributed by atoms with van der Waals surface area (Å²) in [5, 5.41) is 0. The lowest BCUT2D eigenvalue weighted by molar-refractivity contribution is -0.223. The minimum atomic E-state index is -4.46. The molecule has 0 aromatic rings. The Hall–Kier alpha value is -0.740. The molecule has 0 saturated heterocycles. The van der Waals surface area contributed by atoms with Gasteiger partial charge in [-0.15, -0.1) is 0 Å². The van der Waals surface area contributed by atoms with E-state index in [0.29, 0.717) is 0 Å². The summed E-state index contributed by atoms with van der Waals surface area (Å²) in [6.45, 7) is 4.25. The molecule has 0 aliphatic carbocycles. The third-order valence-corrected chi connectivity index (χ3v) is 1.36. The molecular weight excluding hydrogens is 185 g/mol. The summed E-state index contributed by atoms with van der Waals surface area (Å²) >= 11 is 0. The molecule has 0 aromatic carbocycles. The number of carbonyl (C=O) groups is 1. The van der Waals surface area contributed by atoms with E-state index in [1.165, 1.54) is 0 Å². The maximum absolute atomic E-state index is 12.2. The van der Waals surface area contributed by atoms with E-state index in [1.54, 1.807) is 13.8 Å². The molecule has 0 heterocycles. The van der Waals surface area contributed by atoms with Crippen molar-refractivity contribution in [2.45, 2.75) is 39.5 Å². The molecule has 0 spiro atoms. The molecule has 0 amide bonds. The van der Waals surface area contributed by atoms with Crippen LogP contribution in [0.25, 0.3) is 0 Å². The molecule has 0 aliphatic heterocycles. The fourth-order valence-corrected chi connectivity index (χ4v) is 0.877. The highest BCUT2D eigenvalue weighted by molar-refractivity contribution is 5.66. The van der Waals surface area contributed by atoms with Crippen LogP contribution in [0.3, 0.4) is 0 Å². The fourth-order valence-electron chi connectivity index (χ4n) is 0.877. The molecular formula is C8H13F3O2. The summed E-state index contributed by atoms with van der Waals surface area (Å²) in [6, 6.07) is 0. The Morgan fingerprint density at radius 1 is 1.38 bits per heavy atom. The van der Waals surface area contributed by atoms with Gasteiger partial charge in [0.15, 0.2) is 6.10 Å². The Morgan fingerprint density at radius 3 is 2.08 bits per heavy atom. The van der Waals surface area contributed by atoms with E-state index < -0.39 is 18.2 Å². The number of halogens is 3. The number of esters is 1. The quantitative estimate of drug-likeness (QED) is 0.651. The van der Waals surface area contributed by atoms with Crippen molar-refractivity contribution in [2.24, 2.45) is 5.92 Å². The summed E-state index contributed by atoms with van der Waals surface area (Å²) in [5.41, 5.74) is 0. The third-order valence-electron chi connectivity index (χ3n) is 1.36. The predicted octanol–water partition coefficient (Wildman–Crippen LogP) is 2.53. The van der Waals surface area contributed by atoms with Gasteiger partial charge in [-0.3, -0.25) is 4.79 Å². The summed E-state index contributed by atoms with van der Waals surface area (Å²) in [7, 11) is 0. The number of carbonyl (C=O) groups excluding carboxylic acids is 1. The van der Waals surface area contributed by atoms with E-state index in [9.17, 15) is 18.0 Å². The molecule has 13 heavy (non-hydrogen) atoms. The lowest BCUT2D eigenvalue weighted by atomic mass is 10.1. The van der Waals surface area contributed by atoms with E-state index in [4.69, 9.17) is 0 Å². The van der Waals surface area contributed by atoms with Gasteiger partial charge in [-0.05, 0) is 12.3 Å². The van der Waals surface area contributed by atoms with Gasteiger partial charge < -0.3 is 4.74 Å². The fraction of sp³-hybridized carbons (Fsp3) is 0.875. The number of hydrogen-bond acceptors (Lipinski definition) is 2. The summed E-state index contributed by atoms with van der Waals surface area (Å²) in [5.74, 6) is -1.06. The van der Waals surface area contributed by atoms with Crippen LogP contribution < -0.4 is 0 Å². The van der Waals surface area contributed by atoms with Crippen LogP contribution in [-0.4, -0.2) is 18.2 Å². The van der Waals surface area contributed by atoms with Crippen LogP contribution in [0, 0.1) is 5.92 Å². The van der Waals surface area contributed by atoms with Crippen LogP contribution in [0.5, 0.6) is 0 Å². The Balaban J connectivity index is 4.28. The van der Waals surface area contributed by atoms with Crippen LogP contribution in [0.2, 0.25) is 0 Å². The lowest BCUT2D eigenvalue weighted by Gasteiger charge is -2.21. The second-order valence-electron chi connectivity index (χ2n) is 3.27. The molecule has 5 heteroatoms. The van der Waals surface area contributed by atoms with Gasteiger partial charge in [0.25, 0.3) is 0 Å². The lowest BCUT2D eigenvalue weighted by Crippen LogP contribution is -2.34. The summed E-state index contributed by atoms with van der Waals surface area (Å²) in [4.78, 5) is 10.4. The Labute approximate surface area is 75.1 Å². The molecule has 0 N–H and O–H groups in total. The van der Waals surface area contributed by atoms with Gasteiger partial charge in [0, 0.05) is 6.92 Å². The molecule has 1 atom stereocenters. The first-order chi connectivity index (χ1) is 5.73. The maximum atomic E-state index is 12.2. The summed E-state index contributed by atoms with van der Waals surface area (Å²) in [6.07, 6.45) is -6.62. The zero-order chi connectivity index (χ0) is 10.6. The number of hydrogen-bond donors (Lipinski definition) is 0. The number of rotatable bonds is 3.